The molecule has 6 rings (SSSR count). The first-order valence-corrected chi connectivity index (χ1v) is 11.0. The third-order valence-electron chi connectivity index (χ3n) is 8.46. The molecule has 2 bridgehead atoms. The molecule has 0 aromatic heterocycles. The lowest BCUT2D eigenvalue weighted by molar-refractivity contribution is -0.244. The highest BCUT2D eigenvalue weighted by Gasteiger charge is 2.77. The lowest BCUT2D eigenvalue weighted by Gasteiger charge is -2.65. The van der Waals surface area contributed by atoms with Crippen LogP contribution in [0.15, 0.2) is 23.7 Å². The van der Waals surface area contributed by atoms with Crippen molar-refractivity contribution in [2.75, 3.05) is 20.1 Å². The average Bonchev–Trinajstić information content (AvgIpc) is 3.45. The van der Waals surface area contributed by atoms with Crippen molar-refractivity contribution < 1.29 is 24.2 Å². The molecule has 29 heavy (non-hydrogen) atoms. The molecule has 2 N–H and O–H groups in total. The van der Waals surface area contributed by atoms with Crippen molar-refractivity contribution in [3.05, 3.63) is 23.7 Å². The Morgan fingerprint density at radius 3 is 3.00 bits per heavy atom. The quantitative estimate of drug-likeness (QED) is 0.750. The molecular formula is C22H28N2O5. The molecule has 2 saturated heterocycles. The van der Waals surface area contributed by atoms with E-state index in [1.165, 1.54) is 19.9 Å². The van der Waals surface area contributed by atoms with Gasteiger partial charge in [0.1, 0.15) is 5.76 Å². The van der Waals surface area contributed by atoms with Crippen LogP contribution in [0.2, 0.25) is 0 Å². The summed E-state index contributed by atoms with van der Waals surface area (Å²) in [6.07, 6.45) is 7.75. The number of carbonyl (C=O) groups excluding carboxylic acids is 2. The first-order chi connectivity index (χ1) is 14.0. The van der Waals surface area contributed by atoms with Crippen molar-refractivity contribution >= 4 is 11.9 Å². The fraction of sp³-hybridized carbons (Fsp3) is 0.727. The number of likely N-dealkylation sites (tertiary alicyclic amines) is 1. The molecule has 0 aromatic carbocycles. The van der Waals surface area contributed by atoms with Crippen molar-refractivity contribution in [2.24, 2.45) is 23.2 Å². The van der Waals surface area contributed by atoms with Crippen LogP contribution in [0, 0.1) is 23.2 Å². The number of piperidine rings is 1. The number of nitrogens with one attached hydrogen (secondary N) is 1. The van der Waals surface area contributed by atoms with Gasteiger partial charge in [-0.2, -0.15) is 0 Å². The predicted octanol–water partition coefficient (Wildman–Crippen LogP) is 1.72. The Kier molecular flexibility index (Phi) is 3.62. The van der Waals surface area contributed by atoms with Gasteiger partial charge < -0.3 is 19.9 Å². The minimum atomic E-state index is -0.940. The highest BCUT2D eigenvalue weighted by atomic mass is 16.6. The minimum absolute atomic E-state index is 0.0581. The molecule has 2 heterocycles. The number of hydrogen-bond donors (Lipinski definition) is 2. The van der Waals surface area contributed by atoms with Gasteiger partial charge in [0.05, 0.1) is 11.0 Å². The first-order valence-electron chi connectivity index (χ1n) is 11.0. The number of aliphatic hydroxyl groups is 1. The van der Waals surface area contributed by atoms with Crippen LogP contribution >= 0.6 is 0 Å². The van der Waals surface area contributed by atoms with E-state index in [-0.39, 0.29) is 23.7 Å². The molecule has 1 amide bonds. The standard InChI is InChI=1S/C22H28N2O5/c1-23-20(26)28-15-5-4-13-10-16-22(27)7-6-14(25)19-21(22,17(13)18(15)29-19)8-9-24(16)11-12-2-3-12/h4-5,12-13,16-17,19,27H,2-3,6-11H2,1H3,(H,23,26)/t13?,16?,17?,19?,21?,22-/m1/s1. The van der Waals surface area contributed by atoms with E-state index in [1.54, 1.807) is 0 Å². The van der Waals surface area contributed by atoms with Gasteiger partial charge >= 0.3 is 6.09 Å². The maximum Gasteiger partial charge on any atom is 0.412 e. The van der Waals surface area contributed by atoms with Crippen molar-refractivity contribution in [1.29, 1.82) is 0 Å². The molecule has 5 unspecified atom stereocenters. The molecule has 7 heteroatoms. The first kappa shape index (κ1) is 18.0. The van der Waals surface area contributed by atoms with Crippen LogP contribution in [0.5, 0.6) is 0 Å². The van der Waals surface area contributed by atoms with Crippen LogP contribution in [0.4, 0.5) is 4.79 Å². The Morgan fingerprint density at radius 1 is 1.41 bits per heavy atom. The van der Waals surface area contributed by atoms with Crippen molar-refractivity contribution in [3.63, 3.8) is 0 Å². The zero-order valence-corrected chi connectivity index (χ0v) is 16.7. The topological polar surface area (TPSA) is 88.1 Å². The summed E-state index contributed by atoms with van der Waals surface area (Å²) >= 11 is 0. The number of ether oxygens (including phenoxy) is 2. The summed E-state index contributed by atoms with van der Waals surface area (Å²) in [7, 11) is 1.51. The number of rotatable bonds is 3. The Bertz CT molecular complexity index is 848. The van der Waals surface area contributed by atoms with Gasteiger partial charge in [-0.15, -0.1) is 0 Å². The largest absolute Gasteiger partial charge is 0.482 e. The molecule has 3 saturated carbocycles. The Labute approximate surface area is 170 Å². The second-order valence-corrected chi connectivity index (χ2v) is 9.74. The van der Waals surface area contributed by atoms with Gasteiger partial charge in [0, 0.05) is 32.0 Å². The minimum Gasteiger partial charge on any atom is -0.482 e. The number of alkyl carbamates (subject to hydrolysis) is 1. The maximum absolute atomic E-state index is 13.0. The number of carbonyl (C=O) groups is 2. The van der Waals surface area contributed by atoms with Gasteiger partial charge in [-0.3, -0.25) is 9.69 Å². The highest BCUT2D eigenvalue weighted by molar-refractivity contribution is 5.87. The molecule has 0 radical (unpaired) electrons. The van der Waals surface area contributed by atoms with E-state index in [0.717, 1.165) is 31.8 Å². The predicted molar refractivity (Wildman–Crippen MR) is 103 cm³/mol. The highest BCUT2D eigenvalue weighted by Crippen LogP contribution is 2.69. The zero-order valence-electron chi connectivity index (χ0n) is 16.7. The molecule has 0 aromatic rings. The summed E-state index contributed by atoms with van der Waals surface area (Å²) < 4.78 is 11.8. The maximum atomic E-state index is 13.0. The van der Waals surface area contributed by atoms with Crippen LogP contribution in [0.1, 0.15) is 38.5 Å². The Hall–Kier alpha value is -1.86. The summed E-state index contributed by atoms with van der Waals surface area (Å²) in [5.41, 5.74) is -1.56. The number of Topliss-reactive ketones (excluding diaryl/α,β-unsaturated/α-hetero) is 1. The summed E-state index contributed by atoms with van der Waals surface area (Å²) in [5, 5.41) is 14.7. The smallest absolute Gasteiger partial charge is 0.412 e. The van der Waals surface area contributed by atoms with Crippen LogP contribution in [0.25, 0.3) is 0 Å². The van der Waals surface area contributed by atoms with Crippen molar-refractivity contribution in [1.82, 2.24) is 10.2 Å². The van der Waals surface area contributed by atoms with E-state index < -0.39 is 23.2 Å². The van der Waals surface area contributed by atoms with Crippen LogP contribution < -0.4 is 5.32 Å². The number of ketones is 1. The van der Waals surface area contributed by atoms with Gasteiger partial charge in [-0.1, -0.05) is 6.08 Å². The van der Waals surface area contributed by atoms with Gasteiger partial charge in [-0.05, 0) is 56.6 Å². The van der Waals surface area contributed by atoms with Crippen molar-refractivity contribution in [3.8, 4) is 0 Å². The van der Waals surface area contributed by atoms with Crippen molar-refractivity contribution in [2.45, 2.75) is 56.3 Å². The van der Waals surface area contributed by atoms with Gasteiger partial charge in [-0.25, -0.2) is 4.79 Å². The molecule has 4 aliphatic carbocycles. The van der Waals surface area contributed by atoms with E-state index in [4.69, 9.17) is 9.47 Å². The summed E-state index contributed by atoms with van der Waals surface area (Å²) in [5.74, 6) is 1.88. The third kappa shape index (κ3) is 2.20. The second-order valence-electron chi connectivity index (χ2n) is 9.74. The fourth-order valence-electron chi connectivity index (χ4n) is 7.09. The fourth-order valence-corrected chi connectivity index (χ4v) is 7.09. The summed E-state index contributed by atoms with van der Waals surface area (Å²) in [4.78, 5) is 27.3. The number of allylic oxidation sites excluding steroid dienone is 3. The number of hydrogen-bond acceptors (Lipinski definition) is 6. The lowest BCUT2D eigenvalue weighted by atomic mass is 9.44. The van der Waals surface area contributed by atoms with Crippen LogP contribution in [-0.2, 0) is 14.3 Å². The number of nitrogens with zero attached hydrogens (tertiary/aromatic N) is 1. The van der Waals surface area contributed by atoms with E-state index in [2.05, 4.69) is 16.3 Å². The SMILES string of the molecule is CNC(=O)OC1=C2OC3C(=O)CC[C@@]4(O)C5CC(C=C1)C2C34CCN5CC1CC1. The number of amides is 1. The second kappa shape index (κ2) is 5.85. The van der Waals surface area contributed by atoms with E-state index in [1.807, 2.05) is 6.08 Å². The van der Waals surface area contributed by atoms with E-state index >= 15 is 0 Å². The Morgan fingerprint density at radius 2 is 2.24 bits per heavy atom. The van der Waals surface area contributed by atoms with Crippen LogP contribution in [0.3, 0.4) is 0 Å². The molecule has 2 aliphatic heterocycles. The molecule has 5 fully saturated rings. The van der Waals surface area contributed by atoms with Gasteiger partial charge in [0.25, 0.3) is 0 Å². The lowest BCUT2D eigenvalue weighted by Crippen LogP contribution is -2.76. The van der Waals surface area contributed by atoms with E-state index in [0.29, 0.717) is 24.4 Å². The monoisotopic (exact) mass is 400 g/mol. The zero-order chi connectivity index (χ0) is 20.0. The normalized spacial score (nSPS) is 45.0. The molecule has 6 atom stereocenters. The van der Waals surface area contributed by atoms with Gasteiger partial charge in [0.15, 0.2) is 17.6 Å². The molecular weight excluding hydrogens is 372 g/mol. The molecule has 7 nitrogen and oxygen atoms in total. The molecule has 156 valence electrons. The van der Waals surface area contributed by atoms with E-state index in [9.17, 15) is 14.7 Å². The Balaban J connectivity index is 1.46. The average molecular weight is 400 g/mol. The summed E-state index contributed by atoms with van der Waals surface area (Å²) in [6, 6.07) is 0.0581. The third-order valence-corrected chi connectivity index (χ3v) is 8.46. The molecule has 1 spiro atoms. The van der Waals surface area contributed by atoms with Gasteiger partial charge in [0.2, 0.25) is 0 Å². The molecule has 6 aliphatic rings. The summed E-state index contributed by atoms with van der Waals surface area (Å²) in [6.45, 7) is 1.94. The van der Waals surface area contributed by atoms with Crippen LogP contribution in [-0.4, -0.2) is 59.8 Å².